The lowest BCUT2D eigenvalue weighted by molar-refractivity contribution is 0.0926. The summed E-state index contributed by atoms with van der Waals surface area (Å²) in [4.78, 5) is 27.5. The maximum atomic E-state index is 12.5. The Kier molecular flexibility index (Phi) is 4.05. The van der Waals surface area contributed by atoms with Gasteiger partial charge in [0, 0.05) is 43.9 Å². The smallest absolute Gasteiger partial charge is 0.271 e. The van der Waals surface area contributed by atoms with Crippen molar-refractivity contribution in [2.24, 2.45) is 0 Å². The number of hydrogen-bond acceptors (Lipinski definition) is 5. The van der Waals surface area contributed by atoms with Crippen molar-refractivity contribution in [1.29, 1.82) is 0 Å². The Bertz CT molecular complexity index is 883. The number of aromatic nitrogens is 4. The number of imidazole rings is 1. The molecule has 7 nitrogen and oxygen atoms in total. The second-order valence-corrected chi connectivity index (χ2v) is 6.40. The zero-order chi connectivity index (χ0) is 17.2. The topological polar surface area (TPSA) is 75.4 Å². The van der Waals surface area contributed by atoms with Gasteiger partial charge in [-0.25, -0.2) is 9.97 Å². The average molecular weight is 336 g/mol. The Balaban J connectivity index is 1.38. The number of carbonyl (C=O) groups is 1. The maximum absolute atomic E-state index is 12.5. The van der Waals surface area contributed by atoms with E-state index in [1.807, 2.05) is 29.7 Å². The first-order valence-corrected chi connectivity index (χ1v) is 8.46. The van der Waals surface area contributed by atoms with Gasteiger partial charge < -0.3 is 14.6 Å². The van der Waals surface area contributed by atoms with Gasteiger partial charge in [-0.3, -0.25) is 9.78 Å². The fourth-order valence-corrected chi connectivity index (χ4v) is 3.18. The number of aryl methyl sites for hydroxylation is 1. The molecule has 7 heteroatoms. The molecule has 4 heterocycles. The van der Waals surface area contributed by atoms with Crippen LogP contribution in [0.1, 0.15) is 28.9 Å². The first-order chi connectivity index (χ1) is 12.2. The van der Waals surface area contributed by atoms with Crippen molar-refractivity contribution in [3.05, 3.63) is 54.4 Å². The highest BCUT2D eigenvalue weighted by Crippen LogP contribution is 2.17. The van der Waals surface area contributed by atoms with E-state index >= 15 is 0 Å². The molecule has 0 radical (unpaired) electrons. The Morgan fingerprint density at radius 3 is 2.80 bits per heavy atom. The van der Waals surface area contributed by atoms with Crippen LogP contribution in [0.5, 0.6) is 0 Å². The first-order valence-electron chi connectivity index (χ1n) is 8.46. The van der Waals surface area contributed by atoms with Crippen molar-refractivity contribution in [3.8, 4) is 0 Å². The van der Waals surface area contributed by atoms with Crippen LogP contribution in [0.15, 0.2) is 43.1 Å². The molecule has 3 aromatic rings. The Hall–Kier alpha value is -2.96. The molecule has 0 saturated carbocycles. The summed E-state index contributed by atoms with van der Waals surface area (Å²) in [5.41, 5.74) is 2.38. The predicted octanol–water partition coefficient (Wildman–Crippen LogP) is 1.83. The van der Waals surface area contributed by atoms with E-state index in [1.165, 1.54) is 0 Å². The molecule has 1 aliphatic heterocycles. The third-order valence-corrected chi connectivity index (χ3v) is 4.54. The third kappa shape index (κ3) is 3.31. The van der Waals surface area contributed by atoms with Gasteiger partial charge in [-0.1, -0.05) is 6.07 Å². The highest BCUT2D eigenvalue weighted by atomic mass is 16.2. The molecular formula is C18H20N6O. The minimum Gasteiger partial charge on any atom is -0.355 e. The van der Waals surface area contributed by atoms with Crippen molar-refractivity contribution >= 4 is 17.4 Å². The maximum Gasteiger partial charge on any atom is 0.271 e. The monoisotopic (exact) mass is 336 g/mol. The van der Waals surface area contributed by atoms with Crippen LogP contribution < -0.4 is 10.2 Å². The SMILES string of the molecule is Cc1ccc2nc(C(=O)NC3CCN(c4cnccn4)CC3)cn2c1. The minimum atomic E-state index is -0.112. The molecule has 3 aromatic heterocycles. The lowest BCUT2D eigenvalue weighted by atomic mass is 10.0. The molecule has 4 rings (SSSR count). The van der Waals surface area contributed by atoms with Gasteiger partial charge in [0.25, 0.3) is 5.91 Å². The Morgan fingerprint density at radius 2 is 2.04 bits per heavy atom. The molecule has 1 aliphatic rings. The molecule has 1 saturated heterocycles. The number of nitrogens with zero attached hydrogens (tertiary/aromatic N) is 5. The largest absolute Gasteiger partial charge is 0.355 e. The summed E-state index contributed by atoms with van der Waals surface area (Å²) < 4.78 is 1.89. The van der Waals surface area contributed by atoms with Gasteiger partial charge in [-0.05, 0) is 31.4 Å². The number of anilines is 1. The van der Waals surface area contributed by atoms with Crippen LogP contribution in [0, 0.1) is 6.92 Å². The summed E-state index contributed by atoms with van der Waals surface area (Å²) in [5.74, 6) is 0.780. The van der Waals surface area contributed by atoms with Gasteiger partial charge in [0.05, 0.1) is 6.20 Å². The van der Waals surface area contributed by atoms with Crippen LogP contribution in [0.4, 0.5) is 5.82 Å². The van der Waals surface area contributed by atoms with E-state index in [0.717, 1.165) is 43.0 Å². The fourth-order valence-electron chi connectivity index (χ4n) is 3.18. The number of hydrogen-bond donors (Lipinski definition) is 1. The van der Waals surface area contributed by atoms with Gasteiger partial charge in [0.15, 0.2) is 0 Å². The molecule has 1 fully saturated rings. The number of pyridine rings is 1. The second-order valence-electron chi connectivity index (χ2n) is 6.40. The van der Waals surface area contributed by atoms with Crippen LogP contribution in [-0.4, -0.2) is 44.4 Å². The summed E-state index contributed by atoms with van der Waals surface area (Å²) in [7, 11) is 0. The van der Waals surface area contributed by atoms with E-state index < -0.39 is 0 Å². The van der Waals surface area contributed by atoms with Crippen molar-refractivity contribution in [3.63, 3.8) is 0 Å². The van der Waals surface area contributed by atoms with Crippen molar-refractivity contribution in [2.75, 3.05) is 18.0 Å². The van der Waals surface area contributed by atoms with E-state index in [2.05, 4.69) is 25.2 Å². The van der Waals surface area contributed by atoms with Gasteiger partial charge >= 0.3 is 0 Å². The molecule has 0 aliphatic carbocycles. The molecule has 0 spiro atoms. The molecule has 0 aromatic carbocycles. The summed E-state index contributed by atoms with van der Waals surface area (Å²) in [6.45, 7) is 3.73. The molecule has 0 unspecified atom stereocenters. The number of carbonyl (C=O) groups excluding carboxylic acids is 1. The molecule has 0 bridgehead atoms. The summed E-state index contributed by atoms with van der Waals surface area (Å²) >= 11 is 0. The van der Waals surface area contributed by atoms with Crippen molar-refractivity contribution < 1.29 is 4.79 Å². The fraction of sp³-hybridized carbons (Fsp3) is 0.333. The third-order valence-electron chi connectivity index (χ3n) is 4.54. The molecule has 1 amide bonds. The van der Waals surface area contributed by atoms with Gasteiger partial charge in [0.2, 0.25) is 0 Å². The minimum absolute atomic E-state index is 0.112. The van der Waals surface area contributed by atoms with E-state index in [4.69, 9.17) is 0 Å². The van der Waals surface area contributed by atoms with E-state index in [-0.39, 0.29) is 11.9 Å². The zero-order valence-electron chi connectivity index (χ0n) is 14.1. The quantitative estimate of drug-likeness (QED) is 0.790. The van der Waals surface area contributed by atoms with Gasteiger partial charge in [-0.2, -0.15) is 0 Å². The van der Waals surface area contributed by atoms with Crippen LogP contribution >= 0.6 is 0 Å². The number of fused-ring (bicyclic) bond motifs is 1. The number of rotatable bonds is 3. The van der Waals surface area contributed by atoms with Crippen LogP contribution in [-0.2, 0) is 0 Å². The Labute approximate surface area is 145 Å². The number of amides is 1. The highest BCUT2D eigenvalue weighted by molar-refractivity contribution is 5.93. The normalized spacial score (nSPS) is 15.5. The van der Waals surface area contributed by atoms with Crippen LogP contribution in [0.3, 0.4) is 0 Å². The van der Waals surface area contributed by atoms with Crippen LogP contribution in [0.2, 0.25) is 0 Å². The highest BCUT2D eigenvalue weighted by Gasteiger charge is 2.23. The van der Waals surface area contributed by atoms with E-state index in [1.54, 1.807) is 24.8 Å². The first kappa shape index (κ1) is 15.6. The van der Waals surface area contributed by atoms with Gasteiger partial charge in [0.1, 0.15) is 17.2 Å². The Morgan fingerprint density at radius 1 is 1.20 bits per heavy atom. The number of piperidine rings is 1. The second kappa shape index (κ2) is 6.51. The van der Waals surface area contributed by atoms with Crippen molar-refractivity contribution in [2.45, 2.75) is 25.8 Å². The molecule has 25 heavy (non-hydrogen) atoms. The molecule has 0 atom stereocenters. The standard InChI is InChI=1S/C18H20N6O/c1-13-2-3-16-22-15(12-24(16)11-13)18(25)21-14-4-8-23(9-5-14)17-10-19-6-7-20-17/h2-3,6-7,10-12,14H,4-5,8-9H2,1H3,(H,21,25). The van der Waals surface area contributed by atoms with Gasteiger partial charge in [-0.15, -0.1) is 0 Å². The van der Waals surface area contributed by atoms with E-state index in [9.17, 15) is 4.79 Å². The van der Waals surface area contributed by atoms with Crippen LogP contribution in [0.25, 0.3) is 5.65 Å². The summed E-state index contributed by atoms with van der Waals surface area (Å²) in [6, 6.07) is 4.07. The molecule has 128 valence electrons. The summed E-state index contributed by atoms with van der Waals surface area (Å²) in [6.07, 6.45) is 10.7. The number of nitrogens with one attached hydrogen (secondary N) is 1. The molecular weight excluding hydrogens is 316 g/mol. The average Bonchev–Trinajstić information content (AvgIpc) is 3.06. The van der Waals surface area contributed by atoms with Crippen molar-refractivity contribution in [1.82, 2.24) is 24.7 Å². The van der Waals surface area contributed by atoms with E-state index in [0.29, 0.717) is 5.69 Å². The summed E-state index contributed by atoms with van der Waals surface area (Å²) in [5, 5.41) is 3.11. The predicted molar refractivity (Wildman–Crippen MR) is 94.7 cm³/mol. The lowest BCUT2D eigenvalue weighted by Gasteiger charge is -2.32. The zero-order valence-corrected chi connectivity index (χ0v) is 14.1. The lowest BCUT2D eigenvalue weighted by Crippen LogP contribution is -2.45. The molecule has 1 N–H and O–H groups in total.